The van der Waals surface area contributed by atoms with E-state index in [-0.39, 0.29) is 11.6 Å². The van der Waals surface area contributed by atoms with Crippen LogP contribution in [0.1, 0.15) is 85.0 Å². The Labute approximate surface area is 181 Å². The maximum absolute atomic E-state index is 12.2. The quantitative estimate of drug-likeness (QED) is 0.0861. The molecule has 0 heterocycles. The molecule has 0 radical (unpaired) electrons. The molecule has 0 unspecified atom stereocenters. The average molecular weight is 441 g/mol. The van der Waals surface area contributed by atoms with Gasteiger partial charge in [-0.2, -0.15) is 4.99 Å². The summed E-state index contributed by atoms with van der Waals surface area (Å²) >= 11 is 0. The second-order valence-electron chi connectivity index (χ2n) is 7.01. The molecular formula is C21H36N4O4S. The first-order valence-electron chi connectivity index (χ1n) is 10.7. The van der Waals surface area contributed by atoms with Crippen molar-refractivity contribution in [1.82, 2.24) is 4.31 Å². The van der Waals surface area contributed by atoms with Gasteiger partial charge in [-0.3, -0.25) is 15.1 Å². The lowest BCUT2D eigenvalue weighted by Gasteiger charge is -2.17. The minimum absolute atomic E-state index is 0.0400. The summed E-state index contributed by atoms with van der Waals surface area (Å²) in [5, 5.41) is 11.3. The predicted molar refractivity (Wildman–Crippen MR) is 124 cm³/mol. The summed E-state index contributed by atoms with van der Waals surface area (Å²) in [5.41, 5.74) is -0.439. The zero-order valence-corrected chi connectivity index (χ0v) is 19.4. The molecule has 0 amide bonds. The van der Waals surface area contributed by atoms with Gasteiger partial charge in [0.05, 0.1) is 10.7 Å². The number of aliphatic imine (C=N–C) groups is 2. The monoisotopic (exact) mass is 440 g/mol. The first-order valence-corrected chi connectivity index (χ1v) is 12.3. The Balaban J connectivity index is 4.63. The van der Waals surface area contributed by atoms with Crippen molar-refractivity contribution < 1.29 is 13.3 Å². The van der Waals surface area contributed by atoms with E-state index in [4.69, 9.17) is 6.42 Å². The van der Waals surface area contributed by atoms with Gasteiger partial charge in [-0.1, -0.05) is 71.1 Å². The van der Waals surface area contributed by atoms with Crippen molar-refractivity contribution in [3.05, 3.63) is 22.0 Å². The lowest BCUT2D eigenvalue weighted by atomic mass is 10.1. The summed E-state index contributed by atoms with van der Waals surface area (Å²) in [6, 6.07) is 1.99. The van der Waals surface area contributed by atoms with E-state index in [9.17, 15) is 18.5 Å². The molecule has 0 spiro atoms. The topological polar surface area (TPSA) is 105 Å². The molecule has 0 aliphatic carbocycles. The molecule has 0 aromatic rings. The molecule has 9 heteroatoms. The maximum Gasteiger partial charge on any atom is 0.304 e. The van der Waals surface area contributed by atoms with E-state index in [1.54, 1.807) is 0 Å². The van der Waals surface area contributed by atoms with Gasteiger partial charge in [0.2, 0.25) is 10.0 Å². The molecule has 0 rings (SSSR count). The van der Waals surface area contributed by atoms with E-state index < -0.39 is 20.6 Å². The standard InChI is InChI=1S/C21H36N4O4S/c1-5-8-9-10-11-12-13-14-15-16-17-22-18-21(25(26)27)19-24(20(4)23-6-2)30(28,29)7-3/h2,18-19H,5,7-17H2,1,3-4H3/b21-19+,22-18?,23-20?. The van der Waals surface area contributed by atoms with E-state index in [0.29, 0.717) is 6.54 Å². The number of amidine groups is 1. The molecule has 0 aliphatic rings. The molecule has 0 fully saturated rings. The Morgan fingerprint density at radius 3 is 2.07 bits per heavy atom. The molecular weight excluding hydrogens is 404 g/mol. The summed E-state index contributed by atoms with van der Waals surface area (Å²) in [6.07, 6.45) is 19.0. The number of nitrogens with zero attached hydrogens (tertiary/aromatic N) is 4. The highest BCUT2D eigenvalue weighted by molar-refractivity contribution is 7.89. The van der Waals surface area contributed by atoms with Crippen LogP contribution in [-0.2, 0) is 10.0 Å². The van der Waals surface area contributed by atoms with Crippen LogP contribution in [0.5, 0.6) is 0 Å². The second-order valence-corrected chi connectivity index (χ2v) is 9.15. The lowest BCUT2D eigenvalue weighted by Crippen LogP contribution is -2.32. The predicted octanol–water partition coefficient (Wildman–Crippen LogP) is 4.76. The van der Waals surface area contributed by atoms with Crippen molar-refractivity contribution in [1.29, 1.82) is 0 Å². The summed E-state index contributed by atoms with van der Waals surface area (Å²) in [6.45, 7) is 5.48. The van der Waals surface area contributed by atoms with Crippen molar-refractivity contribution in [2.24, 2.45) is 9.98 Å². The van der Waals surface area contributed by atoms with Crippen LogP contribution in [0.25, 0.3) is 0 Å². The van der Waals surface area contributed by atoms with E-state index in [2.05, 4.69) is 16.9 Å². The highest BCUT2D eigenvalue weighted by atomic mass is 32.2. The van der Waals surface area contributed by atoms with Gasteiger partial charge in [-0.05, 0) is 20.3 Å². The smallest absolute Gasteiger partial charge is 0.286 e. The van der Waals surface area contributed by atoms with Gasteiger partial charge in [-0.15, -0.1) is 0 Å². The number of sulfonamides is 1. The van der Waals surface area contributed by atoms with Gasteiger partial charge < -0.3 is 0 Å². The van der Waals surface area contributed by atoms with Crippen LogP contribution in [0, 0.1) is 22.6 Å². The minimum Gasteiger partial charge on any atom is -0.286 e. The number of allylic oxidation sites excluding steroid dienone is 1. The molecule has 0 aromatic heterocycles. The fraction of sp³-hybridized carbons (Fsp3) is 0.714. The Morgan fingerprint density at radius 1 is 1.07 bits per heavy atom. The van der Waals surface area contributed by atoms with Crippen molar-refractivity contribution in [2.45, 2.75) is 85.0 Å². The molecule has 30 heavy (non-hydrogen) atoms. The number of nitro groups is 1. The van der Waals surface area contributed by atoms with Crippen LogP contribution in [0.3, 0.4) is 0 Å². The Kier molecular flexibility index (Phi) is 15.4. The molecule has 170 valence electrons. The van der Waals surface area contributed by atoms with E-state index in [1.165, 1.54) is 58.8 Å². The van der Waals surface area contributed by atoms with Crippen LogP contribution in [0.15, 0.2) is 21.9 Å². The molecule has 8 nitrogen and oxygen atoms in total. The average Bonchev–Trinajstić information content (AvgIpc) is 2.70. The summed E-state index contributed by atoms with van der Waals surface area (Å²) in [4.78, 5) is 18.3. The third kappa shape index (κ3) is 12.4. The zero-order valence-electron chi connectivity index (χ0n) is 18.5. The van der Waals surface area contributed by atoms with Gasteiger partial charge >= 0.3 is 5.70 Å². The maximum atomic E-state index is 12.2. The van der Waals surface area contributed by atoms with Gasteiger partial charge in [0.25, 0.3) is 0 Å². The third-order valence-electron chi connectivity index (χ3n) is 4.53. The highest BCUT2D eigenvalue weighted by Gasteiger charge is 2.23. The van der Waals surface area contributed by atoms with Gasteiger partial charge in [0.1, 0.15) is 18.3 Å². The van der Waals surface area contributed by atoms with Crippen molar-refractivity contribution >= 4 is 22.1 Å². The van der Waals surface area contributed by atoms with E-state index in [0.717, 1.165) is 36.0 Å². The van der Waals surface area contributed by atoms with Gasteiger partial charge in [-0.25, -0.2) is 12.7 Å². The van der Waals surface area contributed by atoms with Crippen molar-refractivity contribution in [2.75, 3.05) is 12.3 Å². The first kappa shape index (κ1) is 27.8. The van der Waals surface area contributed by atoms with Gasteiger partial charge in [0, 0.05) is 12.6 Å². The molecule has 0 atom stereocenters. The Hall–Kier alpha value is -2.21. The van der Waals surface area contributed by atoms with Crippen LogP contribution < -0.4 is 0 Å². The summed E-state index contributed by atoms with van der Waals surface area (Å²) < 4.78 is 25.2. The Morgan fingerprint density at radius 2 is 1.60 bits per heavy atom. The molecule has 0 saturated heterocycles. The highest BCUT2D eigenvalue weighted by Crippen LogP contribution is 2.11. The first-order chi connectivity index (χ1) is 14.3. The van der Waals surface area contributed by atoms with Crippen LogP contribution >= 0.6 is 0 Å². The van der Waals surface area contributed by atoms with E-state index in [1.807, 2.05) is 6.04 Å². The molecule has 0 bridgehead atoms. The lowest BCUT2D eigenvalue weighted by molar-refractivity contribution is -0.414. The van der Waals surface area contributed by atoms with Crippen molar-refractivity contribution in [3.63, 3.8) is 0 Å². The van der Waals surface area contributed by atoms with Crippen molar-refractivity contribution in [3.8, 4) is 12.5 Å². The van der Waals surface area contributed by atoms with Crippen LogP contribution in [0.2, 0.25) is 0 Å². The zero-order chi connectivity index (χ0) is 22.8. The number of rotatable bonds is 16. The molecule has 0 aromatic carbocycles. The number of unbranched alkanes of at least 4 members (excludes halogenated alkanes) is 9. The normalized spacial score (nSPS) is 12.9. The Bertz CT molecular complexity index is 737. The third-order valence-corrected chi connectivity index (χ3v) is 6.23. The minimum atomic E-state index is -3.80. The largest absolute Gasteiger partial charge is 0.304 e. The van der Waals surface area contributed by atoms with E-state index >= 15 is 0 Å². The summed E-state index contributed by atoms with van der Waals surface area (Å²) in [7, 11) is -3.80. The number of hydrogen-bond acceptors (Lipinski definition) is 6. The molecule has 0 aliphatic heterocycles. The van der Waals surface area contributed by atoms with Crippen LogP contribution in [-0.4, -0.2) is 42.0 Å². The molecule has 0 N–H and O–H groups in total. The second kappa shape index (κ2) is 16.6. The fourth-order valence-electron chi connectivity index (χ4n) is 2.75. The SMILES string of the molecule is C#CN=C(C)N(/C=C(\C=NCCCCCCCCCCCC)[N+](=O)[O-])S(=O)(=O)CC. The molecule has 0 saturated carbocycles. The fourth-order valence-corrected chi connectivity index (χ4v) is 3.74. The number of terminal acetylenes is 1. The van der Waals surface area contributed by atoms with Gasteiger partial charge in [0.15, 0.2) is 0 Å². The van der Waals surface area contributed by atoms with Crippen LogP contribution in [0.4, 0.5) is 0 Å². The number of hydrogen-bond donors (Lipinski definition) is 0. The summed E-state index contributed by atoms with van der Waals surface area (Å²) in [5.74, 6) is -0.288.